The Balaban J connectivity index is 2.45. The van der Waals surface area contributed by atoms with Gasteiger partial charge >= 0.3 is 0 Å². The molecule has 0 aliphatic rings. The van der Waals surface area contributed by atoms with E-state index in [4.69, 9.17) is 27.4 Å². The molecule has 0 atom stereocenters. The highest BCUT2D eigenvalue weighted by molar-refractivity contribution is 7.80. The minimum atomic E-state index is -0.202. The van der Waals surface area contributed by atoms with Gasteiger partial charge in [0.05, 0.1) is 24.6 Å². The maximum Gasteiger partial charge on any atom is 0.232 e. The number of nitrogens with two attached hydrogens (primary N) is 1. The Morgan fingerprint density at radius 2 is 2.12 bits per heavy atom. The third-order valence-corrected chi connectivity index (χ3v) is 2.60. The van der Waals surface area contributed by atoms with Crippen LogP contribution in [0, 0.1) is 0 Å². The number of rotatable bonds is 6. The summed E-state index contributed by atoms with van der Waals surface area (Å²) in [5, 5.41) is 0. The molecule has 0 saturated heterocycles. The molecule has 1 rings (SSSR count). The van der Waals surface area contributed by atoms with Gasteiger partial charge in [-0.1, -0.05) is 12.2 Å². The number of hydrogen-bond acceptors (Lipinski definition) is 5. The molecule has 0 bridgehead atoms. The van der Waals surface area contributed by atoms with Crippen LogP contribution >= 0.6 is 12.2 Å². The Labute approximate surface area is 106 Å². The molecule has 0 spiro atoms. The van der Waals surface area contributed by atoms with Gasteiger partial charge in [-0.15, -0.1) is 0 Å². The first-order valence-electron chi connectivity index (χ1n) is 5.24. The topological polar surface area (TPSA) is 70.3 Å². The highest BCUT2D eigenvalue weighted by atomic mass is 32.1. The molecule has 94 valence electrons. The number of nitrogens with zero attached hydrogens (tertiary/aromatic N) is 2. The van der Waals surface area contributed by atoms with E-state index in [1.807, 2.05) is 13.8 Å². The predicted octanol–water partition coefficient (Wildman–Crippen LogP) is 1.30. The second kappa shape index (κ2) is 5.88. The molecule has 17 heavy (non-hydrogen) atoms. The molecule has 5 nitrogen and oxygen atoms in total. The van der Waals surface area contributed by atoms with Crippen LogP contribution in [0.25, 0.3) is 0 Å². The fraction of sp³-hybridized carbons (Fsp3) is 0.545. The minimum Gasteiger partial charge on any atom is -0.476 e. The molecule has 1 heterocycles. The normalized spacial score (nSPS) is 11.2. The molecular formula is C11H17N3O2S. The van der Waals surface area contributed by atoms with Crippen molar-refractivity contribution in [1.29, 1.82) is 0 Å². The summed E-state index contributed by atoms with van der Waals surface area (Å²) in [4.78, 5) is 8.31. The molecule has 0 fully saturated rings. The maximum absolute atomic E-state index is 5.44. The van der Waals surface area contributed by atoms with Gasteiger partial charge in [-0.3, -0.25) is 0 Å². The Kier molecular flexibility index (Phi) is 4.77. The van der Waals surface area contributed by atoms with Crippen LogP contribution in [-0.2, 0) is 4.74 Å². The van der Waals surface area contributed by atoms with E-state index in [9.17, 15) is 0 Å². The number of aromatic nitrogens is 2. The summed E-state index contributed by atoms with van der Waals surface area (Å²) in [6.07, 6.45) is 3.77. The molecule has 0 aliphatic carbocycles. The molecule has 0 saturated carbocycles. The molecule has 0 aliphatic heterocycles. The van der Waals surface area contributed by atoms with Crippen LogP contribution in [0.15, 0.2) is 12.4 Å². The first-order chi connectivity index (χ1) is 7.94. The maximum atomic E-state index is 5.44. The number of hydrogen-bond donors (Lipinski definition) is 1. The zero-order chi connectivity index (χ0) is 12.9. The van der Waals surface area contributed by atoms with E-state index in [2.05, 4.69) is 9.97 Å². The van der Waals surface area contributed by atoms with Crippen molar-refractivity contribution in [2.45, 2.75) is 25.9 Å². The third kappa shape index (κ3) is 4.62. The second-order valence-corrected chi connectivity index (χ2v) is 4.61. The molecule has 0 unspecified atom stereocenters. The highest BCUT2D eigenvalue weighted by Crippen LogP contribution is 2.13. The summed E-state index contributed by atoms with van der Waals surface area (Å²) in [6, 6.07) is 0. The molecule has 6 heteroatoms. The van der Waals surface area contributed by atoms with Gasteiger partial charge in [-0.05, 0) is 13.8 Å². The van der Waals surface area contributed by atoms with Gasteiger partial charge in [-0.2, -0.15) is 0 Å². The van der Waals surface area contributed by atoms with E-state index in [0.29, 0.717) is 18.2 Å². The van der Waals surface area contributed by atoms with Crippen molar-refractivity contribution in [3.63, 3.8) is 0 Å². The average molecular weight is 255 g/mol. The van der Waals surface area contributed by atoms with Crippen molar-refractivity contribution < 1.29 is 9.47 Å². The van der Waals surface area contributed by atoms with Gasteiger partial charge in [-0.25, -0.2) is 9.97 Å². The van der Waals surface area contributed by atoms with Crippen molar-refractivity contribution in [2.75, 3.05) is 13.7 Å². The van der Waals surface area contributed by atoms with E-state index in [-0.39, 0.29) is 10.6 Å². The zero-order valence-corrected chi connectivity index (χ0v) is 11.1. The Morgan fingerprint density at radius 3 is 2.59 bits per heavy atom. The molecule has 0 amide bonds. The Bertz CT molecular complexity index is 379. The van der Waals surface area contributed by atoms with Gasteiger partial charge in [0.2, 0.25) is 5.88 Å². The molecular weight excluding hydrogens is 238 g/mol. The van der Waals surface area contributed by atoms with E-state index < -0.39 is 0 Å². The lowest BCUT2D eigenvalue weighted by molar-refractivity contribution is 0.00505. The Morgan fingerprint density at radius 1 is 1.41 bits per heavy atom. The summed E-state index contributed by atoms with van der Waals surface area (Å²) in [5.41, 5.74) is 5.70. The molecule has 2 N–H and O–H groups in total. The zero-order valence-electron chi connectivity index (χ0n) is 10.3. The summed E-state index contributed by atoms with van der Waals surface area (Å²) < 4.78 is 10.7. The van der Waals surface area contributed by atoms with Crippen LogP contribution in [0.3, 0.4) is 0 Å². The highest BCUT2D eigenvalue weighted by Gasteiger charge is 2.16. The van der Waals surface area contributed by atoms with Gasteiger partial charge in [0.25, 0.3) is 0 Å². The largest absolute Gasteiger partial charge is 0.476 e. The smallest absolute Gasteiger partial charge is 0.232 e. The van der Waals surface area contributed by atoms with Crippen LogP contribution < -0.4 is 10.5 Å². The van der Waals surface area contributed by atoms with Crippen molar-refractivity contribution in [1.82, 2.24) is 9.97 Å². The summed E-state index contributed by atoms with van der Waals surface area (Å²) >= 11 is 4.78. The average Bonchev–Trinajstić information content (AvgIpc) is 2.29. The third-order valence-electron chi connectivity index (χ3n) is 2.39. The van der Waals surface area contributed by atoms with E-state index in [0.717, 1.165) is 6.42 Å². The summed E-state index contributed by atoms with van der Waals surface area (Å²) in [5.74, 6) is 0.455. The molecule has 0 radical (unpaired) electrons. The number of thiocarbonyl (C=S) groups is 1. The standard InChI is InChI=1S/C11H17N3O2S/c1-11(2,15-3)4-5-16-9-7-13-8(6-14-9)10(12)17/h6-7H,4-5H2,1-3H3,(H2,12,17). The van der Waals surface area contributed by atoms with Crippen molar-refractivity contribution in [3.05, 3.63) is 18.1 Å². The Hall–Kier alpha value is -1.27. The van der Waals surface area contributed by atoms with Gasteiger partial charge in [0.1, 0.15) is 10.7 Å². The lowest BCUT2D eigenvalue weighted by atomic mass is 10.1. The second-order valence-electron chi connectivity index (χ2n) is 4.17. The lowest BCUT2D eigenvalue weighted by Crippen LogP contribution is -2.25. The summed E-state index contributed by atoms with van der Waals surface area (Å²) in [6.45, 7) is 4.51. The van der Waals surface area contributed by atoms with E-state index in [1.165, 1.54) is 12.4 Å². The van der Waals surface area contributed by atoms with Gasteiger partial charge < -0.3 is 15.2 Å². The molecule has 1 aromatic rings. The van der Waals surface area contributed by atoms with Crippen LogP contribution in [-0.4, -0.2) is 34.3 Å². The number of ether oxygens (including phenoxy) is 2. The van der Waals surface area contributed by atoms with Crippen LogP contribution in [0.5, 0.6) is 5.88 Å². The minimum absolute atomic E-state index is 0.202. The summed E-state index contributed by atoms with van der Waals surface area (Å²) in [7, 11) is 1.68. The van der Waals surface area contributed by atoms with Gasteiger partial charge in [0, 0.05) is 13.5 Å². The first-order valence-corrected chi connectivity index (χ1v) is 5.65. The monoisotopic (exact) mass is 255 g/mol. The quantitative estimate of drug-likeness (QED) is 0.773. The van der Waals surface area contributed by atoms with E-state index in [1.54, 1.807) is 7.11 Å². The van der Waals surface area contributed by atoms with Gasteiger partial charge in [0.15, 0.2) is 0 Å². The SMILES string of the molecule is COC(C)(C)CCOc1cnc(C(N)=S)cn1. The van der Waals surface area contributed by atoms with Crippen LogP contribution in [0.4, 0.5) is 0 Å². The fourth-order valence-corrected chi connectivity index (χ4v) is 1.13. The molecule has 1 aromatic heterocycles. The fourth-order valence-electron chi connectivity index (χ4n) is 1.02. The number of methoxy groups -OCH3 is 1. The first kappa shape index (κ1) is 13.8. The van der Waals surface area contributed by atoms with Crippen molar-refractivity contribution in [2.24, 2.45) is 5.73 Å². The van der Waals surface area contributed by atoms with E-state index >= 15 is 0 Å². The van der Waals surface area contributed by atoms with Crippen LogP contribution in [0.2, 0.25) is 0 Å². The van der Waals surface area contributed by atoms with Crippen molar-refractivity contribution in [3.8, 4) is 5.88 Å². The van der Waals surface area contributed by atoms with Crippen molar-refractivity contribution >= 4 is 17.2 Å². The molecule has 0 aromatic carbocycles. The predicted molar refractivity (Wildman–Crippen MR) is 69.1 cm³/mol. The van der Waals surface area contributed by atoms with Crippen LogP contribution in [0.1, 0.15) is 26.0 Å². The lowest BCUT2D eigenvalue weighted by Gasteiger charge is -2.22.